The number of amides is 3. The van der Waals surface area contributed by atoms with Crippen LogP contribution in [0.1, 0.15) is 50.8 Å². The Morgan fingerprint density at radius 1 is 1.16 bits per heavy atom. The van der Waals surface area contributed by atoms with Crippen molar-refractivity contribution in [2.75, 3.05) is 22.9 Å². The average Bonchev–Trinajstić information content (AvgIpc) is 2.74. The largest absolute Gasteiger partial charge is 0.383 e. The highest BCUT2D eigenvalue weighted by molar-refractivity contribution is 6.39. The van der Waals surface area contributed by atoms with E-state index in [0.29, 0.717) is 30.3 Å². The second-order valence-corrected chi connectivity index (χ2v) is 7.89. The lowest BCUT2D eigenvalue weighted by molar-refractivity contribution is -0.146. The molecule has 9 nitrogen and oxygen atoms in total. The molecule has 31 heavy (non-hydrogen) atoms. The monoisotopic (exact) mass is 424 g/mol. The molecule has 3 rings (SSSR count). The molecule has 164 valence electrons. The molecule has 4 N–H and O–H groups in total. The molecule has 9 heteroatoms. The minimum atomic E-state index is -0.712. The highest BCUT2D eigenvalue weighted by Crippen LogP contribution is 2.33. The zero-order chi connectivity index (χ0) is 22.5. The minimum Gasteiger partial charge on any atom is -0.383 e. The Labute approximate surface area is 181 Å². The molecule has 0 saturated carbocycles. The normalized spacial score (nSPS) is 18.4. The first-order valence-electron chi connectivity index (χ1n) is 10.4. The Morgan fingerprint density at radius 2 is 1.94 bits per heavy atom. The van der Waals surface area contributed by atoms with Gasteiger partial charge in [0, 0.05) is 19.7 Å². The molecule has 3 amide bonds. The first-order valence-corrected chi connectivity index (χ1v) is 10.4. The molecule has 3 heterocycles. The number of carbonyl (C=O) groups is 3. The van der Waals surface area contributed by atoms with E-state index in [4.69, 9.17) is 5.73 Å². The quantitative estimate of drug-likeness (QED) is 0.647. The predicted molar refractivity (Wildman–Crippen MR) is 118 cm³/mol. The Morgan fingerprint density at radius 3 is 2.58 bits per heavy atom. The molecule has 2 aromatic heterocycles. The molecule has 2 atom stereocenters. The molecule has 0 unspecified atom stereocenters. The van der Waals surface area contributed by atoms with Crippen molar-refractivity contribution >= 4 is 35.0 Å². The Balaban J connectivity index is 1.77. The van der Waals surface area contributed by atoms with Crippen LogP contribution in [0.25, 0.3) is 0 Å². The van der Waals surface area contributed by atoms with Crippen LogP contribution in [-0.2, 0) is 20.8 Å². The first kappa shape index (κ1) is 22.2. The van der Waals surface area contributed by atoms with Gasteiger partial charge in [-0.2, -0.15) is 0 Å². The summed E-state index contributed by atoms with van der Waals surface area (Å²) in [6, 6.07) is 5.00. The molecule has 1 aliphatic heterocycles. The number of anilines is 3. The van der Waals surface area contributed by atoms with E-state index < -0.39 is 11.8 Å². The van der Waals surface area contributed by atoms with E-state index in [1.54, 1.807) is 23.2 Å². The van der Waals surface area contributed by atoms with Crippen LogP contribution >= 0.6 is 0 Å². The fourth-order valence-corrected chi connectivity index (χ4v) is 3.77. The minimum absolute atomic E-state index is 0.205. The topological polar surface area (TPSA) is 130 Å². The van der Waals surface area contributed by atoms with Gasteiger partial charge in [-0.15, -0.1) is 0 Å². The third-order valence-corrected chi connectivity index (χ3v) is 5.39. The maximum atomic E-state index is 13.1. The van der Waals surface area contributed by atoms with Crippen LogP contribution in [0.4, 0.5) is 17.3 Å². The predicted octanol–water partition coefficient (Wildman–Crippen LogP) is 2.52. The first-order chi connectivity index (χ1) is 14.8. The average molecular weight is 425 g/mol. The summed E-state index contributed by atoms with van der Waals surface area (Å²) in [5.41, 5.74) is 7.88. The van der Waals surface area contributed by atoms with Crippen LogP contribution in [-0.4, -0.2) is 39.1 Å². The smallest absolute Gasteiger partial charge is 0.313 e. The Kier molecular flexibility index (Phi) is 6.84. The number of nitrogens with two attached hydrogens (primary N) is 1. The number of pyridine rings is 2. The third-order valence-electron chi connectivity index (χ3n) is 5.39. The van der Waals surface area contributed by atoms with Crippen molar-refractivity contribution in [1.82, 2.24) is 14.9 Å². The van der Waals surface area contributed by atoms with E-state index in [0.717, 1.165) is 24.0 Å². The summed E-state index contributed by atoms with van der Waals surface area (Å²) >= 11 is 0. The fourth-order valence-electron chi connectivity index (χ4n) is 3.77. The number of carbonyl (C=O) groups excluding carboxylic acids is 3. The summed E-state index contributed by atoms with van der Waals surface area (Å²) < 4.78 is 0. The molecule has 0 aliphatic carbocycles. The van der Waals surface area contributed by atoms with Gasteiger partial charge < -0.3 is 21.3 Å². The number of hydrogen-bond donors (Lipinski definition) is 3. The second kappa shape index (κ2) is 9.55. The van der Waals surface area contributed by atoms with Crippen molar-refractivity contribution in [3.8, 4) is 0 Å². The van der Waals surface area contributed by atoms with Crippen LogP contribution in [0.2, 0.25) is 0 Å². The van der Waals surface area contributed by atoms with Gasteiger partial charge >= 0.3 is 11.8 Å². The van der Waals surface area contributed by atoms with Crippen molar-refractivity contribution in [3.05, 3.63) is 41.7 Å². The SMILES string of the molecule is CCc1cc(NC(=O)C(=O)N2C[C@@H](C)CC[C@@H]2c2ccc(NC(C)=O)nc2)cnc1N. The summed E-state index contributed by atoms with van der Waals surface area (Å²) in [6.45, 7) is 5.89. The molecule has 1 fully saturated rings. The standard InChI is InChI=1S/C22H28N6O3/c1-4-15-9-17(11-25-20(15)23)27-21(30)22(31)28-12-13(2)5-7-18(28)16-6-8-19(24-10-16)26-14(3)29/h6,8-11,13,18H,4-5,7,12H2,1-3H3,(H2,23,25)(H,27,30)(H,24,26,29)/t13-,18+/m0/s1. The van der Waals surface area contributed by atoms with E-state index in [9.17, 15) is 14.4 Å². The molecule has 0 radical (unpaired) electrons. The number of nitrogens with zero attached hydrogens (tertiary/aromatic N) is 3. The van der Waals surface area contributed by atoms with Crippen LogP contribution in [0.3, 0.4) is 0 Å². The van der Waals surface area contributed by atoms with Gasteiger partial charge in [0.15, 0.2) is 0 Å². The lowest BCUT2D eigenvalue weighted by atomic mass is 9.90. The molecule has 1 saturated heterocycles. The summed E-state index contributed by atoms with van der Waals surface area (Å²) in [7, 11) is 0. The van der Waals surface area contributed by atoms with Crippen LogP contribution in [0.5, 0.6) is 0 Å². The van der Waals surface area contributed by atoms with Gasteiger partial charge in [0.2, 0.25) is 5.91 Å². The van der Waals surface area contributed by atoms with Gasteiger partial charge in [-0.1, -0.05) is 19.9 Å². The zero-order valence-corrected chi connectivity index (χ0v) is 18.0. The summed E-state index contributed by atoms with van der Waals surface area (Å²) in [5, 5.41) is 5.27. The lowest BCUT2D eigenvalue weighted by Gasteiger charge is -2.38. The maximum Gasteiger partial charge on any atom is 0.313 e. The van der Waals surface area contributed by atoms with Crippen molar-refractivity contribution in [2.24, 2.45) is 5.92 Å². The van der Waals surface area contributed by atoms with Crippen LogP contribution in [0, 0.1) is 5.92 Å². The van der Waals surface area contributed by atoms with Gasteiger partial charge in [0.1, 0.15) is 11.6 Å². The number of hydrogen-bond acceptors (Lipinski definition) is 6. The van der Waals surface area contributed by atoms with E-state index in [-0.39, 0.29) is 17.9 Å². The fraction of sp³-hybridized carbons (Fsp3) is 0.409. The van der Waals surface area contributed by atoms with Gasteiger partial charge in [-0.25, -0.2) is 9.97 Å². The number of likely N-dealkylation sites (tertiary alicyclic amines) is 1. The van der Waals surface area contributed by atoms with Gasteiger partial charge in [-0.05, 0) is 48.4 Å². The van der Waals surface area contributed by atoms with E-state index in [1.165, 1.54) is 13.1 Å². The molecule has 0 bridgehead atoms. The van der Waals surface area contributed by atoms with E-state index in [1.807, 2.05) is 13.0 Å². The third kappa shape index (κ3) is 5.36. The molecule has 1 aliphatic rings. The van der Waals surface area contributed by atoms with Crippen molar-refractivity contribution < 1.29 is 14.4 Å². The van der Waals surface area contributed by atoms with Gasteiger partial charge in [0.25, 0.3) is 0 Å². The molecular formula is C22H28N6O3. The van der Waals surface area contributed by atoms with Crippen molar-refractivity contribution in [1.29, 1.82) is 0 Å². The number of aryl methyl sites for hydroxylation is 1. The zero-order valence-electron chi connectivity index (χ0n) is 18.0. The molecular weight excluding hydrogens is 396 g/mol. The Hall–Kier alpha value is -3.49. The number of piperidine rings is 1. The number of nitrogen functional groups attached to an aromatic ring is 1. The summed E-state index contributed by atoms with van der Waals surface area (Å²) in [6.07, 6.45) is 5.42. The van der Waals surface area contributed by atoms with Crippen LogP contribution < -0.4 is 16.4 Å². The number of nitrogens with one attached hydrogen (secondary N) is 2. The number of rotatable bonds is 4. The van der Waals surface area contributed by atoms with E-state index in [2.05, 4.69) is 27.5 Å². The summed E-state index contributed by atoms with van der Waals surface area (Å²) in [5.74, 6) is -0.383. The maximum absolute atomic E-state index is 13.1. The lowest BCUT2D eigenvalue weighted by Crippen LogP contribution is -2.46. The Bertz CT molecular complexity index is 976. The molecule has 0 spiro atoms. The van der Waals surface area contributed by atoms with Gasteiger partial charge in [0.05, 0.1) is 17.9 Å². The van der Waals surface area contributed by atoms with Crippen molar-refractivity contribution in [2.45, 2.75) is 46.1 Å². The van der Waals surface area contributed by atoms with Crippen LogP contribution in [0.15, 0.2) is 30.6 Å². The molecule has 0 aromatic carbocycles. The van der Waals surface area contributed by atoms with Gasteiger partial charge in [-0.3, -0.25) is 14.4 Å². The summed E-state index contributed by atoms with van der Waals surface area (Å²) in [4.78, 5) is 46.9. The van der Waals surface area contributed by atoms with E-state index >= 15 is 0 Å². The number of aromatic nitrogens is 2. The highest BCUT2D eigenvalue weighted by atomic mass is 16.2. The molecule has 2 aromatic rings. The second-order valence-electron chi connectivity index (χ2n) is 7.89. The van der Waals surface area contributed by atoms with Crippen molar-refractivity contribution in [3.63, 3.8) is 0 Å². The highest BCUT2D eigenvalue weighted by Gasteiger charge is 2.34.